The van der Waals surface area contributed by atoms with E-state index in [9.17, 15) is 20.0 Å². The monoisotopic (exact) mass is 297 g/mol. The fourth-order valence-corrected chi connectivity index (χ4v) is 1.85. The van der Waals surface area contributed by atoms with Crippen molar-refractivity contribution >= 4 is 17.5 Å². The Kier molecular flexibility index (Phi) is 5.20. The Bertz CT molecular complexity index is 539. The molecule has 1 aromatic rings. The molecule has 21 heavy (non-hydrogen) atoms. The first-order valence-electron chi connectivity index (χ1n) is 6.40. The number of aromatic nitrogens is 1. The van der Waals surface area contributed by atoms with E-state index in [4.69, 9.17) is 5.11 Å². The summed E-state index contributed by atoms with van der Waals surface area (Å²) < 4.78 is 0. The van der Waals surface area contributed by atoms with E-state index in [0.717, 1.165) is 12.3 Å². The number of pyridine rings is 1. The van der Waals surface area contributed by atoms with Gasteiger partial charge in [-0.2, -0.15) is 0 Å². The lowest BCUT2D eigenvalue weighted by molar-refractivity contribution is -0.385. The molecule has 1 aromatic heterocycles. The van der Waals surface area contributed by atoms with Crippen molar-refractivity contribution in [3.05, 3.63) is 27.9 Å². The first-order valence-corrected chi connectivity index (χ1v) is 6.40. The first kappa shape index (κ1) is 16.8. The van der Waals surface area contributed by atoms with Gasteiger partial charge in [-0.05, 0) is 11.8 Å². The van der Waals surface area contributed by atoms with Crippen LogP contribution in [0.4, 0.5) is 11.5 Å². The third-order valence-electron chi connectivity index (χ3n) is 2.67. The second kappa shape index (κ2) is 6.49. The van der Waals surface area contributed by atoms with Crippen LogP contribution in [0.2, 0.25) is 0 Å². The maximum Gasteiger partial charge on any atom is 0.339 e. The number of anilines is 1. The molecular weight excluding hydrogens is 278 g/mol. The Balaban J connectivity index is 2.84. The number of aromatic carboxylic acids is 1. The largest absolute Gasteiger partial charge is 0.478 e. The second-order valence-electron chi connectivity index (χ2n) is 5.95. The minimum Gasteiger partial charge on any atom is -0.478 e. The molecule has 1 rings (SSSR count). The van der Waals surface area contributed by atoms with Crippen LogP contribution in [0, 0.1) is 15.5 Å². The lowest BCUT2D eigenvalue weighted by Gasteiger charge is -2.22. The van der Waals surface area contributed by atoms with Crippen LogP contribution in [0.3, 0.4) is 0 Å². The van der Waals surface area contributed by atoms with Crippen molar-refractivity contribution in [3.8, 4) is 0 Å². The Morgan fingerprint density at radius 1 is 1.52 bits per heavy atom. The van der Waals surface area contributed by atoms with E-state index < -0.39 is 22.7 Å². The summed E-state index contributed by atoms with van der Waals surface area (Å²) in [7, 11) is 0. The summed E-state index contributed by atoms with van der Waals surface area (Å²) in [4.78, 5) is 24.8. The van der Waals surface area contributed by atoms with Gasteiger partial charge >= 0.3 is 5.97 Å². The lowest BCUT2D eigenvalue weighted by Crippen LogP contribution is -2.26. The highest BCUT2D eigenvalue weighted by Gasteiger charge is 2.20. The van der Waals surface area contributed by atoms with Crippen molar-refractivity contribution in [3.63, 3.8) is 0 Å². The first-order chi connectivity index (χ1) is 9.60. The minimum absolute atomic E-state index is 0.000981. The molecule has 0 spiro atoms. The molecule has 0 radical (unpaired) electrons. The summed E-state index contributed by atoms with van der Waals surface area (Å²) in [6.07, 6.45) is 0.823. The molecule has 0 saturated carbocycles. The van der Waals surface area contributed by atoms with E-state index in [1.165, 1.54) is 0 Å². The molecule has 1 heterocycles. The lowest BCUT2D eigenvalue weighted by atomic mass is 9.89. The highest BCUT2D eigenvalue weighted by Crippen LogP contribution is 2.22. The summed E-state index contributed by atoms with van der Waals surface area (Å²) >= 11 is 0. The Hall–Kier alpha value is -2.22. The number of aliphatic hydroxyl groups is 1. The number of rotatable bonds is 6. The molecular formula is C13H19N3O5. The molecule has 8 heteroatoms. The summed E-state index contributed by atoms with van der Waals surface area (Å²) in [6.45, 7) is 6.04. The molecule has 8 nitrogen and oxygen atoms in total. The number of hydrogen-bond donors (Lipinski definition) is 3. The number of carboxylic acid groups (broad SMARTS) is 1. The fraction of sp³-hybridized carbons (Fsp3) is 0.538. The van der Waals surface area contributed by atoms with Gasteiger partial charge in [-0.1, -0.05) is 20.8 Å². The molecule has 0 aliphatic rings. The quantitative estimate of drug-likeness (QED) is 0.540. The van der Waals surface area contributed by atoms with Gasteiger partial charge in [0.2, 0.25) is 0 Å². The molecule has 116 valence electrons. The van der Waals surface area contributed by atoms with E-state index >= 15 is 0 Å². The van der Waals surface area contributed by atoms with Crippen molar-refractivity contribution in [2.75, 3.05) is 11.9 Å². The van der Waals surface area contributed by atoms with Gasteiger partial charge in [-0.15, -0.1) is 0 Å². The standard InChI is InChI=1S/C13H19N3O5/c1-13(2,3)5-9(17)7-15-11-10(12(18)19)4-8(6-14-11)16(20)21/h4,6,9,17H,5,7H2,1-3H3,(H,14,15)(H,18,19). The molecule has 0 saturated heterocycles. The predicted molar refractivity (Wildman–Crippen MR) is 76.4 cm³/mol. The number of carboxylic acids is 1. The van der Waals surface area contributed by atoms with Crippen molar-refractivity contribution < 1.29 is 19.9 Å². The van der Waals surface area contributed by atoms with Crippen LogP contribution in [0.25, 0.3) is 0 Å². The van der Waals surface area contributed by atoms with Crippen molar-refractivity contribution in [1.82, 2.24) is 4.98 Å². The van der Waals surface area contributed by atoms with Gasteiger partial charge in [-0.3, -0.25) is 10.1 Å². The van der Waals surface area contributed by atoms with Crippen LogP contribution in [0.5, 0.6) is 0 Å². The van der Waals surface area contributed by atoms with Gasteiger partial charge in [0.15, 0.2) is 0 Å². The number of nitrogens with one attached hydrogen (secondary N) is 1. The molecule has 0 aromatic carbocycles. The highest BCUT2D eigenvalue weighted by atomic mass is 16.6. The van der Waals surface area contributed by atoms with Gasteiger partial charge in [0.25, 0.3) is 5.69 Å². The highest BCUT2D eigenvalue weighted by molar-refractivity contribution is 5.93. The van der Waals surface area contributed by atoms with E-state index in [-0.39, 0.29) is 23.3 Å². The maximum atomic E-state index is 11.1. The molecule has 1 atom stereocenters. The van der Waals surface area contributed by atoms with Gasteiger partial charge in [0.05, 0.1) is 11.0 Å². The Morgan fingerprint density at radius 3 is 2.62 bits per heavy atom. The molecule has 1 unspecified atom stereocenters. The molecule has 3 N–H and O–H groups in total. The summed E-state index contributed by atoms with van der Waals surface area (Å²) in [5.41, 5.74) is -0.764. The van der Waals surface area contributed by atoms with Crippen LogP contribution in [0.1, 0.15) is 37.6 Å². The van der Waals surface area contributed by atoms with Crippen molar-refractivity contribution in [2.24, 2.45) is 5.41 Å². The van der Waals surface area contributed by atoms with E-state index in [2.05, 4.69) is 10.3 Å². The number of hydrogen-bond acceptors (Lipinski definition) is 6. The molecule has 0 fully saturated rings. The van der Waals surface area contributed by atoms with Crippen LogP contribution in [-0.4, -0.2) is 38.7 Å². The molecule has 0 aliphatic heterocycles. The molecule has 0 aliphatic carbocycles. The van der Waals surface area contributed by atoms with E-state index in [1.54, 1.807) is 0 Å². The summed E-state index contributed by atoms with van der Waals surface area (Å²) in [5, 5.41) is 32.3. The van der Waals surface area contributed by atoms with Gasteiger partial charge < -0.3 is 15.5 Å². The van der Waals surface area contributed by atoms with Gasteiger partial charge in [0.1, 0.15) is 17.6 Å². The number of nitro groups is 1. The average molecular weight is 297 g/mol. The van der Waals surface area contributed by atoms with Crippen molar-refractivity contribution in [1.29, 1.82) is 0 Å². The normalized spacial score (nSPS) is 12.8. The fourth-order valence-electron chi connectivity index (χ4n) is 1.85. The second-order valence-corrected chi connectivity index (χ2v) is 5.95. The van der Waals surface area contributed by atoms with Crippen LogP contribution in [-0.2, 0) is 0 Å². The average Bonchev–Trinajstić information content (AvgIpc) is 2.33. The number of aliphatic hydroxyl groups excluding tert-OH is 1. The molecule has 0 amide bonds. The number of carbonyl (C=O) groups is 1. The topological polar surface area (TPSA) is 126 Å². The Morgan fingerprint density at radius 2 is 2.14 bits per heavy atom. The molecule has 0 bridgehead atoms. The summed E-state index contributed by atoms with van der Waals surface area (Å²) in [5.74, 6) is -1.32. The zero-order valence-corrected chi connectivity index (χ0v) is 12.2. The Labute approximate surface area is 122 Å². The third-order valence-corrected chi connectivity index (χ3v) is 2.67. The zero-order chi connectivity index (χ0) is 16.2. The zero-order valence-electron chi connectivity index (χ0n) is 12.2. The summed E-state index contributed by atoms with van der Waals surface area (Å²) in [6, 6.07) is 0.938. The maximum absolute atomic E-state index is 11.1. The van der Waals surface area contributed by atoms with Crippen molar-refractivity contribution in [2.45, 2.75) is 33.3 Å². The van der Waals surface area contributed by atoms with Crippen LogP contribution >= 0.6 is 0 Å². The van der Waals surface area contributed by atoms with Gasteiger partial charge in [0, 0.05) is 12.6 Å². The minimum atomic E-state index is -1.32. The van der Waals surface area contributed by atoms with Crippen LogP contribution < -0.4 is 5.32 Å². The number of nitrogens with zero attached hydrogens (tertiary/aromatic N) is 2. The van der Waals surface area contributed by atoms with Gasteiger partial charge in [-0.25, -0.2) is 9.78 Å². The smallest absolute Gasteiger partial charge is 0.339 e. The predicted octanol–water partition coefficient (Wildman–Crippen LogP) is 1.90. The van der Waals surface area contributed by atoms with E-state index in [1.807, 2.05) is 20.8 Å². The SMILES string of the molecule is CC(C)(C)CC(O)CNc1ncc([N+](=O)[O-])cc1C(=O)O. The third kappa shape index (κ3) is 5.35. The van der Waals surface area contributed by atoms with Crippen LogP contribution in [0.15, 0.2) is 12.3 Å². The van der Waals surface area contributed by atoms with E-state index in [0.29, 0.717) is 6.42 Å².